The molecule has 1 aromatic rings. The molecule has 0 N–H and O–H groups in total. The molecule has 0 amide bonds. The van der Waals surface area contributed by atoms with Crippen LogP contribution in [-0.2, 0) is 12.8 Å². The first-order chi connectivity index (χ1) is 7.33. The van der Waals surface area contributed by atoms with E-state index in [1.807, 2.05) is 0 Å². The summed E-state index contributed by atoms with van der Waals surface area (Å²) in [5, 5.41) is 8.44. The smallest absolute Gasteiger partial charge is 0.166 e. The van der Waals surface area contributed by atoms with Crippen molar-refractivity contribution in [1.82, 2.24) is 0 Å². The van der Waals surface area contributed by atoms with Crippen molar-refractivity contribution >= 4 is 5.78 Å². The second kappa shape index (κ2) is 4.31. The number of rotatable bonds is 3. The third kappa shape index (κ3) is 1.94. The zero-order chi connectivity index (χ0) is 10.7. The van der Waals surface area contributed by atoms with E-state index in [2.05, 4.69) is 6.07 Å². The molecule has 0 bridgehead atoms. The minimum Gasteiger partial charge on any atom is -0.468 e. The van der Waals surface area contributed by atoms with Crippen molar-refractivity contribution in [2.45, 2.75) is 38.5 Å². The lowest BCUT2D eigenvalue weighted by Crippen LogP contribution is -2.10. The first-order valence-corrected chi connectivity index (χ1v) is 5.32. The number of carbonyl (C=O) groups excluding carboxylic acids is 1. The van der Waals surface area contributed by atoms with Crippen molar-refractivity contribution < 1.29 is 9.21 Å². The number of nitrogens with zero attached hydrogens (tertiary/aromatic N) is 1. The maximum absolute atomic E-state index is 11.7. The fraction of sp³-hybridized carbons (Fsp3) is 0.500. The molecule has 0 saturated carbocycles. The molecule has 0 atom stereocenters. The molecular weight excluding hydrogens is 190 g/mol. The molecule has 0 spiro atoms. The number of carbonyl (C=O) groups is 1. The van der Waals surface area contributed by atoms with E-state index in [1.54, 1.807) is 6.26 Å². The van der Waals surface area contributed by atoms with Gasteiger partial charge >= 0.3 is 0 Å². The van der Waals surface area contributed by atoms with E-state index in [4.69, 9.17) is 9.68 Å². The van der Waals surface area contributed by atoms with Crippen molar-refractivity contribution in [2.24, 2.45) is 0 Å². The zero-order valence-corrected chi connectivity index (χ0v) is 8.58. The van der Waals surface area contributed by atoms with Crippen molar-refractivity contribution in [2.75, 3.05) is 0 Å². The van der Waals surface area contributed by atoms with E-state index in [0.717, 1.165) is 42.6 Å². The maximum Gasteiger partial charge on any atom is 0.166 e. The highest BCUT2D eigenvalue weighted by atomic mass is 16.3. The first-order valence-electron chi connectivity index (χ1n) is 5.32. The number of aryl methyl sites for hydroxylation is 2. The van der Waals surface area contributed by atoms with Crippen LogP contribution in [0.5, 0.6) is 0 Å². The Morgan fingerprint density at radius 1 is 1.47 bits per heavy atom. The van der Waals surface area contributed by atoms with Crippen LogP contribution in [0.4, 0.5) is 0 Å². The summed E-state index contributed by atoms with van der Waals surface area (Å²) in [6.45, 7) is 0. The summed E-state index contributed by atoms with van der Waals surface area (Å²) in [6.07, 6.45) is 6.21. The highest BCUT2D eigenvalue weighted by Crippen LogP contribution is 2.27. The molecular formula is C12H13NO2. The van der Waals surface area contributed by atoms with Gasteiger partial charge < -0.3 is 4.42 Å². The molecule has 2 rings (SSSR count). The summed E-state index contributed by atoms with van der Waals surface area (Å²) < 4.78 is 5.38. The highest BCUT2D eigenvalue weighted by Gasteiger charge is 2.23. The average molecular weight is 203 g/mol. The Bertz CT molecular complexity index is 412. The number of Topliss-reactive ketones (excluding diaryl/α,β-unsaturated/α-hetero) is 1. The molecule has 0 aliphatic heterocycles. The normalized spacial score (nSPS) is 14.7. The topological polar surface area (TPSA) is 54.0 Å². The lowest BCUT2D eigenvalue weighted by Gasteiger charge is -2.09. The molecule has 1 aromatic heterocycles. The summed E-state index contributed by atoms with van der Waals surface area (Å²) in [5.41, 5.74) is 1.80. The third-order valence-corrected chi connectivity index (χ3v) is 2.76. The van der Waals surface area contributed by atoms with Crippen LogP contribution in [0.1, 0.15) is 47.4 Å². The molecule has 0 saturated heterocycles. The minimum absolute atomic E-state index is 0.206. The molecule has 15 heavy (non-hydrogen) atoms. The summed E-state index contributed by atoms with van der Waals surface area (Å²) in [7, 11) is 0. The first kappa shape index (κ1) is 9.97. The zero-order valence-electron chi connectivity index (χ0n) is 8.58. The number of unbranched alkanes of at least 4 members (excludes halogenated alkanes) is 1. The number of hydrogen-bond donors (Lipinski definition) is 0. The highest BCUT2D eigenvalue weighted by molar-refractivity contribution is 5.99. The van der Waals surface area contributed by atoms with Gasteiger partial charge in [-0.1, -0.05) is 0 Å². The van der Waals surface area contributed by atoms with Crippen LogP contribution in [0, 0.1) is 11.3 Å². The predicted octanol–water partition coefficient (Wildman–Crippen LogP) is 2.64. The summed E-state index contributed by atoms with van der Waals surface area (Å²) >= 11 is 0. The number of nitriles is 1. The van der Waals surface area contributed by atoms with Gasteiger partial charge in [0.25, 0.3) is 0 Å². The van der Waals surface area contributed by atoms with E-state index in [9.17, 15) is 4.79 Å². The van der Waals surface area contributed by atoms with Crippen LogP contribution >= 0.6 is 0 Å². The second-order valence-corrected chi connectivity index (χ2v) is 3.85. The minimum atomic E-state index is 0.206. The quantitative estimate of drug-likeness (QED) is 0.709. The Morgan fingerprint density at radius 3 is 3.13 bits per heavy atom. The maximum atomic E-state index is 11.7. The van der Waals surface area contributed by atoms with Crippen molar-refractivity contribution in [3.8, 4) is 6.07 Å². The Balaban J connectivity index is 2.15. The van der Waals surface area contributed by atoms with E-state index >= 15 is 0 Å². The standard InChI is InChI=1S/C12H13NO2/c13-7-2-1-4-9-8-15-11-6-3-5-10(14)12(9)11/h8H,1-6H2. The second-order valence-electron chi connectivity index (χ2n) is 3.85. The fourth-order valence-electron chi connectivity index (χ4n) is 2.03. The Hall–Kier alpha value is -1.56. The van der Waals surface area contributed by atoms with Gasteiger partial charge in [0.2, 0.25) is 0 Å². The van der Waals surface area contributed by atoms with Crippen molar-refractivity contribution in [3.63, 3.8) is 0 Å². The lowest BCUT2D eigenvalue weighted by molar-refractivity contribution is 0.0968. The molecule has 3 heteroatoms. The monoisotopic (exact) mass is 203 g/mol. The predicted molar refractivity (Wildman–Crippen MR) is 54.5 cm³/mol. The Labute approximate surface area is 88.7 Å². The van der Waals surface area contributed by atoms with Crippen LogP contribution in [0.15, 0.2) is 10.7 Å². The number of furan rings is 1. The van der Waals surface area contributed by atoms with E-state index in [1.165, 1.54) is 0 Å². The van der Waals surface area contributed by atoms with Gasteiger partial charge in [-0.2, -0.15) is 5.26 Å². The van der Waals surface area contributed by atoms with Crippen LogP contribution in [-0.4, -0.2) is 5.78 Å². The summed E-state index contributed by atoms with van der Waals surface area (Å²) in [4.78, 5) is 11.7. The molecule has 3 nitrogen and oxygen atoms in total. The Kier molecular flexibility index (Phi) is 2.86. The Morgan fingerprint density at radius 2 is 2.33 bits per heavy atom. The molecule has 1 heterocycles. The van der Waals surface area contributed by atoms with Gasteiger partial charge in [0, 0.05) is 24.8 Å². The molecule has 0 unspecified atom stereocenters. The van der Waals surface area contributed by atoms with Gasteiger partial charge in [0.15, 0.2) is 5.78 Å². The van der Waals surface area contributed by atoms with Crippen LogP contribution in [0.25, 0.3) is 0 Å². The van der Waals surface area contributed by atoms with Gasteiger partial charge in [-0.3, -0.25) is 4.79 Å². The molecule has 0 radical (unpaired) electrons. The van der Waals surface area contributed by atoms with Gasteiger partial charge in [-0.05, 0) is 19.3 Å². The van der Waals surface area contributed by atoms with Gasteiger partial charge in [-0.25, -0.2) is 0 Å². The van der Waals surface area contributed by atoms with Crippen molar-refractivity contribution in [1.29, 1.82) is 5.26 Å². The SMILES string of the molecule is N#CCCCc1coc2c1C(=O)CCC2. The molecule has 0 aromatic carbocycles. The number of ketones is 1. The van der Waals surface area contributed by atoms with Gasteiger partial charge in [0.05, 0.1) is 17.9 Å². The van der Waals surface area contributed by atoms with Gasteiger partial charge in [-0.15, -0.1) is 0 Å². The van der Waals surface area contributed by atoms with Crippen LogP contribution in [0.3, 0.4) is 0 Å². The lowest BCUT2D eigenvalue weighted by atomic mass is 9.92. The summed E-state index contributed by atoms with van der Waals surface area (Å²) in [5.74, 6) is 1.05. The van der Waals surface area contributed by atoms with Gasteiger partial charge in [0.1, 0.15) is 5.76 Å². The molecule has 1 aliphatic carbocycles. The van der Waals surface area contributed by atoms with Crippen molar-refractivity contribution in [3.05, 3.63) is 23.2 Å². The van der Waals surface area contributed by atoms with Crippen LogP contribution in [0.2, 0.25) is 0 Å². The number of fused-ring (bicyclic) bond motifs is 1. The van der Waals surface area contributed by atoms with E-state index in [-0.39, 0.29) is 5.78 Å². The molecule has 1 aliphatic rings. The van der Waals surface area contributed by atoms with E-state index in [0.29, 0.717) is 12.8 Å². The largest absolute Gasteiger partial charge is 0.468 e. The molecule has 0 fully saturated rings. The number of hydrogen-bond acceptors (Lipinski definition) is 3. The van der Waals surface area contributed by atoms with Crippen LogP contribution < -0.4 is 0 Å². The van der Waals surface area contributed by atoms with E-state index < -0.39 is 0 Å². The third-order valence-electron chi connectivity index (χ3n) is 2.76. The molecule has 78 valence electrons. The summed E-state index contributed by atoms with van der Waals surface area (Å²) in [6, 6.07) is 2.11. The average Bonchev–Trinajstić information content (AvgIpc) is 2.63. The fourth-order valence-corrected chi connectivity index (χ4v) is 2.03.